The van der Waals surface area contributed by atoms with Crippen LogP contribution < -0.4 is 10.5 Å². The molecule has 0 rings (SSSR count). The van der Waals surface area contributed by atoms with Crippen LogP contribution in [0.5, 0.6) is 0 Å². The highest BCUT2D eigenvalue weighted by Gasteiger charge is 2.27. The van der Waals surface area contributed by atoms with Gasteiger partial charge in [0.1, 0.15) is 0 Å². The number of carboxylic acids is 1. The van der Waals surface area contributed by atoms with Crippen molar-refractivity contribution in [2.24, 2.45) is 11.7 Å². The van der Waals surface area contributed by atoms with Gasteiger partial charge in [-0.05, 0) is 12.8 Å². The van der Waals surface area contributed by atoms with Crippen molar-refractivity contribution in [1.29, 1.82) is 0 Å². The zero-order chi connectivity index (χ0) is 12.2. The summed E-state index contributed by atoms with van der Waals surface area (Å²) in [5, 5.41) is 7.08. The molecule has 0 aromatic rings. The van der Waals surface area contributed by atoms with Crippen LogP contribution >= 0.6 is 0 Å². The minimum atomic E-state index is -3.82. The minimum Gasteiger partial charge on any atom is -0.480 e. The first-order valence-corrected chi connectivity index (χ1v) is 6.20. The number of nitrogens with two attached hydrogens (primary N) is 1. The Kier molecular flexibility index (Phi) is 5.19. The van der Waals surface area contributed by atoms with Crippen LogP contribution in [0, 0.1) is 5.92 Å². The molecule has 4 N–H and O–H groups in total. The van der Waals surface area contributed by atoms with E-state index in [1.165, 1.54) is 0 Å². The van der Waals surface area contributed by atoms with Crippen LogP contribution in [0.2, 0.25) is 0 Å². The molecule has 0 radical (unpaired) electrons. The van der Waals surface area contributed by atoms with E-state index in [1.807, 2.05) is 13.8 Å². The number of nitrogens with one attached hydrogen (secondary N) is 1. The van der Waals surface area contributed by atoms with Gasteiger partial charge in [-0.25, -0.2) is 13.1 Å². The maximum absolute atomic E-state index is 11.4. The van der Waals surface area contributed by atoms with E-state index in [1.54, 1.807) is 0 Å². The molecule has 0 amide bonds. The number of hydrogen-bond acceptors (Lipinski definition) is 4. The fraction of sp³-hybridized carbons (Fsp3) is 0.875. The molecule has 0 fully saturated rings. The second kappa shape index (κ2) is 5.43. The molecule has 0 heterocycles. The molecule has 0 aliphatic rings. The molecular formula is C8H18N2O4S. The molecule has 0 bridgehead atoms. The van der Waals surface area contributed by atoms with E-state index in [9.17, 15) is 13.2 Å². The summed E-state index contributed by atoms with van der Waals surface area (Å²) >= 11 is 0. The van der Waals surface area contributed by atoms with Gasteiger partial charge in [-0.3, -0.25) is 4.79 Å². The number of rotatable bonds is 6. The molecule has 0 saturated heterocycles. The van der Waals surface area contributed by atoms with Gasteiger partial charge in [0.2, 0.25) is 10.0 Å². The molecule has 0 aliphatic carbocycles. The Balaban J connectivity index is 4.35. The van der Waals surface area contributed by atoms with Crippen molar-refractivity contribution in [3.8, 4) is 0 Å². The lowest BCUT2D eigenvalue weighted by molar-refractivity contribution is -0.136. The number of carbonyl (C=O) groups is 1. The first-order valence-electron chi connectivity index (χ1n) is 4.65. The van der Waals surface area contributed by atoms with E-state index >= 15 is 0 Å². The van der Waals surface area contributed by atoms with Gasteiger partial charge in [0.25, 0.3) is 0 Å². The van der Waals surface area contributed by atoms with Crippen LogP contribution in [-0.2, 0) is 14.8 Å². The van der Waals surface area contributed by atoms with Crippen LogP contribution in [0.4, 0.5) is 0 Å². The lowest BCUT2D eigenvalue weighted by atomic mass is 10.1. The summed E-state index contributed by atoms with van der Waals surface area (Å²) in [6.45, 7) is 4.89. The van der Waals surface area contributed by atoms with Crippen molar-refractivity contribution >= 4 is 16.0 Å². The average molecular weight is 238 g/mol. The Labute approximate surface area is 89.9 Å². The number of hydrogen-bond donors (Lipinski definition) is 3. The summed E-state index contributed by atoms with van der Waals surface area (Å²) in [6.07, 6.45) is 0. The summed E-state index contributed by atoms with van der Waals surface area (Å²) in [7, 11) is -3.82. The number of aliphatic carboxylic acids is 1. The Hall–Kier alpha value is -0.660. The molecule has 15 heavy (non-hydrogen) atoms. The van der Waals surface area contributed by atoms with Gasteiger partial charge in [0.05, 0.1) is 0 Å². The third-order valence-corrected chi connectivity index (χ3v) is 3.89. The molecule has 0 spiro atoms. The summed E-state index contributed by atoms with van der Waals surface area (Å²) in [5.41, 5.74) is 5.63. The second-order valence-corrected chi connectivity index (χ2v) is 5.87. The normalized spacial score (nSPS) is 16.3. The van der Waals surface area contributed by atoms with Gasteiger partial charge in [-0.2, -0.15) is 0 Å². The maximum Gasteiger partial charge on any atom is 0.323 e. The third kappa shape index (κ3) is 4.59. The molecule has 2 unspecified atom stereocenters. The van der Waals surface area contributed by atoms with Crippen molar-refractivity contribution in [1.82, 2.24) is 4.72 Å². The van der Waals surface area contributed by atoms with Gasteiger partial charge in [0.15, 0.2) is 5.25 Å². The quantitative estimate of drug-likeness (QED) is 0.570. The van der Waals surface area contributed by atoms with Gasteiger partial charge in [-0.1, -0.05) is 13.8 Å². The van der Waals surface area contributed by atoms with Crippen LogP contribution in [-0.4, -0.2) is 37.3 Å². The predicted molar refractivity (Wildman–Crippen MR) is 56.8 cm³/mol. The van der Waals surface area contributed by atoms with Gasteiger partial charge in [-0.15, -0.1) is 0 Å². The lowest BCUT2D eigenvalue weighted by Gasteiger charge is -2.17. The van der Waals surface area contributed by atoms with Crippen molar-refractivity contribution in [3.05, 3.63) is 0 Å². The van der Waals surface area contributed by atoms with Crippen LogP contribution in [0.3, 0.4) is 0 Å². The zero-order valence-electron chi connectivity index (χ0n) is 9.10. The SMILES string of the molecule is CC(C)C(N)CNS(=O)(=O)C(C)C(=O)O. The van der Waals surface area contributed by atoms with E-state index < -0.39 is 21.2 Å². The van der Waals surface area contributed by atoms with E-state index in [2.05, 4.69) is 4.72 Å². The van der Waals surface area contributed by atoms with Crippen molar-refractivity contribution in [3.63, 3.8) is 0 Å². The lowest BCUT2D eigenvalue weighted by Crippen LogP contribution is -2.44. The van der Waals surface area contributed by atoms with E-state index in [-0.39, 0.29) is 18.5 Å². The Morgan fingerprint density at radius 2 is 1.87 bits per heavy atom. The molecule has 0 aliphatic heterocycles. The standard InChI is InChI=1S/C8H18N2O4S/c1-5(2)7(9)4-10-15(13,14)6(3)8(11)12/h5-7,10H,4,9H2,1-3H3,(H,11,12). The average Bonchev–Trinajstić information content (AvgIpc) is 2.12. The highest BCUT2D eigenvalue weighted by Crippen LogP contribution is 2.01. The highest BCUT2D eigenvalue weighted by atomic mass is 32.2. The summed E-state index contributed by atoms with van der Waals surface area (Å²) in [5.74, 6) is -1.24. The largest absolute Gasteiger partial charge is 0.480 e. The number of sulfonamides is 1. The second-order valence-electron chi connectivity index (χ2n) is 3.78. The van der Waals surface area contributed by atoms with Crippen molar-refractivity contribution in [2.45, 2.75) is 32.1 Å². The molecule has 7 heteroatoms. The Bertz CT molecular complexity index is 313. The zero-order valence-corrected chi connectivity index (χ0v) is 9.91. The number of carboxylic acid groups (broad SMARTS) is 1. The fourth-order valence-corrected chi connectivity index (χ4v) is 1.65. The summed E-state index contributed by atoms with van der Waals surface area (Å²) in [6, 6.07) is -0.319. The predicted octanol–water partition coefficient (Wildman–Crippen LogP) is -0.638. The van der Waals surface area contributed by atoms with Crippen LogP contribution in [0.25, 0.3) is 0 Å². The molecule has 0 aromatic heterocycles. The maximum atomic E-state index is 11.4. The van der Waals surface area contributed by atoms with Crippen molar-refractivity contribution < 1.29 is 18.3 Å². The van der Waals surface area contributed by atoms with Gasteiger partial charge in [0, 0.05) is 12.6 Å². The van der Waals surface area contributed by atoms with E-state index in [0.29, 0.717) is 0 Å². The minimum absolute atomic E-state index is 0.0532. The molecule has 6 nitrogen and oxygen atoms in total. The molecule has 2 atom stereocenters. The summed E-state index contributed by atoms with van der Waals surface area (Å²) < 4.78 is 24.9. The van der Waals surface area contributed by atoms with Crippen LogP contribution in [0.1, 0.15) is 20.8 Å². The van der Waals surface area contributed by atoms with Crippen molar-refractivity contribution in [2.75, 3.05) is 6.54 Å². The molecule has 90 valence electrons. The van der Waals surface area contributed by atoms with E-state index in [0.717, 1.165) is 6.92 Å². The highest BCUT2D eigenvalue weighted by molar-refractivity contribution is 7.90. The Morgan fingerprint density at radius 1 is 1.40 bits per heavy atom. The summed E-state index contributed by atoms with van der Waals surface area (Å²) in [4.78, 5) is 10.5. The molecule has 0 aromatic carbocycles. The topological polar surface area (TPSA) is 109 Å². The van der Waals surface area contributed by atoms with Gasteiger partial charge >= 0.3 is 5.97 Å². The van der Waals surface area contributed by atoms with E-state index in [4.69, 9.17) is 10.8 Å². The fourth-order valence-electron chi connectivity index (χ4n) is 0.706. The molecular weight excluding hydrogens is 220 g/mol. The third-order valence-electron chi connectivity index (χ3n) is 2.19. The smallest absolute Gasteiger partial charge is 0.323 e. The monoisotopic (exact) mass is 238 g/mol. The van der Waals surface area contributed by atoms with Gasteiger partial charge < -0.3 is 10.8 Å². The molecule has 0 saturated carbocycles. The Morgan fingerprint density at radius 3 is 2.20 bits per heavy atom. The van der Waals surface area contributed by atoms with Crippen LogP contribution in [0.15, 0.2) is 0 Å². The first kappa shape index (κ1) is 14.3. The first-order chi connectivity index (χ1) is 6.68.